The Hall–Kier alpha value is -1.90. The monoisotopic (exact) mass is 442 g/mol. The topological polar surface area (TPSA) is 9.23 Å². The van der Waals surface area contributed by atoms with Crippen molar-refractivity contribution >= 4 is 5.57 Å². The van der Waals surface area contributed by atoms with Crippen LogP contribution in [-0.2, 0) is 0 Å². The molecule has 1 nitrogen and oxygen atoms in total. The number of halogens is 2. The molecule has 0 spiro atoms. The van der Waals surface area contributed by atoms with Gasteiger partial charge in [-0.15, -0.1) is 0 Å². The second-order valence-electron chi connectivity index (χ2n) is 9.47. The lowest BCUT2D eigenvalue weighted by Gasteiger charge is -2.28. The second-order valence-corrected chi connectivity index (χ2v) is 9.47. The summed E-state index contributed by atoms with van der Waals surface area (Å²) < 4.78 is 33.8. The minimum atomic E-state index is -0.876. The van der Waals surface area contributed by atoms with Crippen molar-refractivity contribution in [3.63, 3.8) is 0 Å². The van der Waals surface area contributed by atoms with Crippen molar-refractivity contribution in [3.05, 3.63) is 59.7 Å². The molecule has 0 bridgehead atoms. The molecule has 1 unspecified atom stereocenters. The molecule has 0 aliphatic heterocycles. The Morgan fingerprint density at radius 2 is 1.62 bits per heavy atom. The molecule has 32 heavy (non-hydrogen) atoms. The molecule has 3 heteroatoms. The molecule has 0 aromatic heterocycles. The molecule has 0 heterocycles. The van der Waals surface area contributed by atoms with Gasteiger partial charge in [-0.05, 0) is 94.3 Å². The smallest absolute Gasteiger partial charge is 0.201 e. The highest BCUT2D eigenvalue weighted by molar-refractivity contribution is 5.67. The predicted octanol–water partition coefficient (Wildman–Crippen LogP) is 9.05. The summed E-state index contributed by atoms with van der Waals surface area (Å²) in [6.45, 7) is 4.20. The molecule has 0 saturated heterocycles. The van der Waals surface area contributed by atoms with Gasteiger partial charge in [0.1, 0.15) is 0 Å². The summed E-state index contributed by atoms with van der Waals surface area (Å²) in [6, 6.07) is 3.19. The van der Waals surface area contributed by atoms with Gasteiger partial charge in [0, 0.05) is 5.56 Å². The van der Waals surface area contributed by atoms with Crippen LogP contribution in [0.25, 0.3) is 5.57 Å². The SMILES string of the molecule is CC=CCCC1CCC(CCC=CC2CC=C(c3ccc(OCC)c(F)c3F)CC2)CC1. The highest BCUT2D eigenvalue weighted by Gasteiger charge is 2.21. The van der Waals surface area contributed by atoms with Gasteiger partial charge in [-0.1, -0.05) is 56.1 Å². The van der Waals surface area contributed by atoms with Crippen molar-refractivity contribution in [2.45, 2.75) is 84.5 Å². The molecular formula is C29H40F2O. The molecule has 1 atom stereocenters. The summed E-state index contributed by atoms with van der Waals surface area (Å²) >= 11 is 0. The van der Waals surface area contributed by atoms with Crippen molar-refractivity contribution in [2.24, 2.45) is 17.8 Å². The molecule has 0 amide bonds. The van der Waals surface area contributed by atoms with Crippen molar-refractivity contribution in [1.82, 2.24) is 0 Å². The van der Waals surface area contributed by atoms with Crippen LogP contribution in [-0.4, -0.2) is 6.61 Å². The summed E-state index contributed by atoms with van der Waals surface area (Å²) in [5.41, 5.74) is 1.30. The van der Waals surface area contributed by atoms with Crippen molar-refractivity contribution in [2.75, 3.05) is 6.61 Å². The number of allylic oxidation sites excluding steroid dienone is 6. The lowest BCUT2D eigenvalue weighted by molar-refractivity contribution is 0.255. The molecule has 1 aromatic rings. The molecule has 176 valence electrons. The molecule has 3 rings (SSSR count). The third-order valence-corrected chi connectivity index (χ3v) is 7.24. The molecule has 0 radical (unpaired) electrons. The van der Waals surface area contributed by atoms with E-state index in [1.54, 1.807) is 19.1 Å². The summed E-state index contributed by atoms with van der Waals surface area (Å²) in [7, 11) is 0. The van der Waals surface area contributed by atoms with Crippen LogP contribution < -0.4 is 4.74 Å². The van der Waals surface area contributed by atoms with Gasteiger partial charge in [-0.3, -0.25) is 0 Å². The van der Waals surface area contributed by atoms with E-state index >= 15 is 0 Å². The van der Waals surface area contributed by atoms with Gasteiger partial charge in [0.25, 0.3) is 0 Å². The fourth-order valence-corrected chi connectivity index (χ4v) is 5.25. The Balaban J connectivity index is 1.40. The largest absolute Gasteiger partial charge is 0.491 e. The van der Waals surface area contributed by atoms with Gasteiger partial charge in [-0.25, -0.2) is 4.39 Å². The zero-order chi connectivity index (χ0) is 22.8. The number of benzene rings is 1. The summed E-state index contributed by atoms with van der Waals surface area (Å²) in [5, 5.41) is 0. The Morgan fingerprint density at radius 1 is 0.938 bits per heavy atom. The molecule has 1 fully saturated rings. The minimum Gasteiger partial charge on any atom is -0.491 e. The van der Waals surface area contributed by atoms with E-state index in [2.05, 4.69) is 37.3 Å². The van der Waals surface area contributed by atoms with Crippen molar-refractivity contribution in [1.29, 1.82) is 0 Å². The maximum Gasteiger partial charge on any atom is 0.201 e. The molecule has 1 saturated carbocycles. The predicted molar refractivity (Wildman–Crippen MR) is 131 cm³/mol. The highest BCUT2D eigenvalue weighted by atomic mass is 19.2. The van der Waals surface area contributed by atoms with E-state index in [-0.39, 0.29) is 5.75 Å². The van der Waals surface area contributed by atoms with E-state index < -0.39 is 11.6 Å². The van der Waals surface area contributed by atoms with E-state index in [9.17, 15) is 8.78 Å². The lowest BCUT2D eigenvalue weighted by atomic mass is 9.78. The summed E-state index contributed by atoms with van der Waals surface area (Å²) in [5.74, 6) is 0.680. The van der Waals surface area contributed by atoms with Crippen molar-refractivity contribution in [3.8, 4) is 5.75 Å². The zero-order valence-electron chi connectivity index (χ0n) is 19.9. The molecule has 0 N–H and O–H groups in total. The lowest BCUT2D eigenvalue weighted by Crippen LogP contribution is -2.14. The van der Waals surface area contributed by atoms with Gasteiger partial charge in [0.05, 0.1) is 6.61 Å². The van der Waals surface area contributed by atoms with Crippen LogP contribution in [0.2, 0.25) is 0 Å². The fraction of sp³-hybridized carbons (Fsp3) is 0.586. The Bertz CT molecular complexity index is 800. The fourth-order valence-electron chi connectivity index (χ4n) is 5.25. The van der Waals surface area contributed by atoms with Crippen LogP contribution in [0.3, 0.4) is 0 Å². The first kappa shape index (κ1) is 24.7. The van der Waals surface area contributed by atoms with Gasteiger partial charge < -0.3 is 4.74 Å². The Morgan fingerprint density at radius 3 is 2.22 bits per heavy atom. The van der Waals surface area contributed by atoms with Crippen LogP contribution in [0.5, 0.6) is 5.75 Å². The first-order valence-corrected chi connectivity index (χ1v) is 12.7. The van der Waals surface area contributed by atoms with E-state index in [0.717, 1.165) is 36.7 Å². The molecule has 2 aliphatic rings. The van der Waals surface area contributed by atoms with Crippen LogP contribution in [0.15, 0.2) is 42.5 Å². The number of rotatable bonds is 10. The quantitative estimate of drug-likeness (QED) is 0.328. The van der Waals surface area contributed by atoms with E-state index in [1.807, 2.05) is 0 Å². The number of hydrogen-bond acceptors (Lipinski definition) is 1. The average molecular weight is 443 g/mol. The molecule has 2 aliphatic carbocycles. The van der Waals surface area contributed by atoms with E-state index in [1.165, 1.54) is 51.4 Å². The first-order chi connectivity index (χ1) is 15.6. The standard InChI is InChI=1S/C29H40F2O/c1-3-5-6-9-22-12-14-23(15-13-22)10-7-8-11-24-16-18-25(19-17-24)26-20-21-27(32-4-2)29(31)28(26)30/h3,5,8,11,18,20-24H,4,6-7,9-10,12-17,19H2,1-2H3. The maximum absolute atomic E-state index is 14.5. The number of ether oxygens (including phenoxy) is 1. The third kappa shape index (κ3) is 7.05. The van der Waals surface area contributed by atoms with Gasteiger partial charge >= 0.3 is 0 Å². The molecule has 1 aromatic carbocycles. The average Bonchev–Trinajstić information content (AvgIpc) is 2.82. The second kappa shape index (κ2) is 13.0. The van der Waals surface area contributed by atoms with Crippen LogP contribution in [0, 0.1) is 29.4 Å². The van der Waals surface area contributed by atoms with E-state index in [0.29, 0.717) is 18.1 Å². The van der Waals surface area contributed by atoms with Gasteiger partial charge in [0.15, 0.2) is 11.6 Å². The van der Waals surface area contributed by atoms with E-state index in [4.69, 9.17) is 4.74 Å². The van der Waals surface area contributed by atoms with Crippen LogP contribution >= 0.6 is 0 Å². The number of hydrogen-bond donors (Lipinski definition) is 0. The van der Waals surface area contributed by atoms with Crippen LogP contribution in [0.1, 0.15) is 90.0 Å². The summed E-state index contributed by atoms with van der Waals surface area (Å²) in [4.78, 5) is 0. The highest BCUT2D eigenvalue weighted by Crippen LogP contribution is 2.36. The van der Waals surface area contributed by atoms with Gasteiger partial charge in [-0.2, -0.15) is 4.39 Å². The minimum absolute atomic E-state index is 0.00639. The summed E-state index contributed by atoms with van der Waals surface area (Å²) in [6.07, 6.45) is 24.6. The molecular weight excluding hydrogens is 402 g/mol. The maximum atomic E-state index is 14.5. The normalized spacial score (nSPS) is 24.2. The Kier molecular flexibility index (Phi) is 10.0. The van der Waals surface area contributed by atoms with Gasteiger partial charge in [0.2, 0.25) is 5.82 Å². The Labute approximate surface area is 193 Å². The van der Waals surface area contributed by atoms with Crippen LogP contribution in [0.4, 0.5) is 8.78 Å². The van der Waals surface area contributed by atoms with Crippen molar-refractivity contribution < 1.29 is 13.5 Å². The zero-order valence-corrected chi connectivity index (χ0v) is 19.9. The third-order valence-electron chi connectivity index (χ3n) is 7.24. The first-order valence-electron chi connectivity index (χ1n) is 12.7.